The zero-order valence-electron chi connectivity index (χ0n) is 6.08. The number of pyridine rings is 1. The van der Waals surface area contributed by atoms with Crippen LogP contribution >= 0.6 is 0 Å². The molecule has 4 heteroatoms. The van der Waals surface area contributed by atoms with Crippen molar-refractivity contribution in [2.75, 3.05) is 0 Å². The number of nitriles is 2. The summed E-state index contributed by atoms with van der Waals surface area (Å²) in [7, 11) is 0. The van der Waals surface area contributed by atoms with E-state index in [1.165, 1.54) is 6.20 Å². The fourth-order valence-electron chi connectivity index (χ4n) is 0.732. The van der Waals surface area contributed by atoms with E-state index >= 15 is 0 Å². The Bertz CT molecular complexity index is 373. The third kappa shape index (κ3) is 1.56. The Kier molecular flexibility index (Phi) is 2.35. The summed E-state index contributed by atoms with van der Waals surface area (Å²) in [5, 5.41) is 16.6. The third-order valence-corrected chi connectivity index (χ3v) is 1.29. The zero-order valence-corrected chi connectivity index (χ0v) is 6.08. The number of rotatable bonds is 1. The van der Waals surface area contributed by atoms with Gasteiger partial charge in [0.15, 0.2) is 0 Å². The molecule has 3 nitrogen and oxygen atoms in total. The molecule has 0 spiro atoms. The van der Waals surface area contributed by atoms with Crippen LogP contribution in [0.2, 0.25) is 0 Å². The lowest BCUT2D eigenvalue weighted by molar-refractivity contribution is 0.605. The van der Waals surface area contributed by atoms with Crippen molar-refractivity contribution in [3.63, 3.8) is 0 Å². The normalized spacial score (nSPS) is 8.58. The highest BCUT2D eigenvalue weighted by Gasteiger charge is 2.03. The van der Waals surface area contributed by atoms with Gasteiger partial charge in [-0.2, -0.15) is 10.5 Å². The summed E-state index contributed by atoms with van der Waals surface area (Å²) in [4.78, 5) is 3.62. The van der Waals surface area contributed by atoms with Crippen LogP contribution in [-0.2, 0) is 6.42 Å². The second kappa shape index (κ2) is 3.45. The molecule has 0 saturated heterocycles. The van der Waals surface area contributed by atoms with Gasteiger partial charge in [-0.25, -0.2) is 4.39 Å². The third-order valence-electron chi connectivity index (χ3n) is 1.29. The van der Waals surface area contributed by atoms with Crippen molar-refractivity contribution in [1.82, 2.24) is 4.98 Å². The molecule has 0 radical (unpaired) electrons. The maximum absolute atomic E-state index is 12.9. The van der Waals surface area contributed by atoms with E-state index in [0.717, 1.165) is 6.07 Å². The predicted octanol–water partition coefficient (Wildman–Crippen LogP) is 1.16. The van der Waals surface area contributed by atoms with Gasteiger partial charge in [0.25, 0.3) is 0 Å². The summed E-state index contributed by atoms with van der Waals surface area (Å²) >= 11 is 0. The molecule has 0 amide bonds. The van der Waals surface area contributed by atoms with Crippen molar-refractivity contribution < 1.29 is 4.39 Å². The number of hydrogen-bond acceptors (Lipinski definition) is 3. The van der Waals surface area contributed by atoms with Gasteiger partial charge in [-0.15, -0.1) is 0 Å². The average Bonchev–Trinajstić information content (AvgIpc) is 2.09. The predicted molar refractivity (Wildman–Crippen MR) is 38.2 cm³/mol. The fourth-order valence-corrected chi connectivity index (χ4v) is 0.732. The second-order valence-corrected chi connectivity index (χ2v) is 2.10. The molecule has 1 aromatic rings. The molecule has 0 saturated carbocycles. The minimum atomic E-state index is -0.601. The molecule has 0 bridgehead atoms. The molecule has 1 rings (SSSR count). The molecule has 0 aliphatic carbocycles. The van der Waals surface area contributed by atoms with Crippen LogP contribution < -0.4 is 0 Å². The van der Waals surface area contributed by atoms with Gasteiger partial charge in [0, 0.05) is 6.20 Å². The first-order chi connectivity index (χ1) is 5.77. The summed E-state index contributed by atoms with van der Waals surface area (Å²) < 4.78 is 12.9. The van der Waals surface area contributed by atoms with Gasteiger partial charge in [-0.05, 0) is 6.07 Å². The monoisotopic (exact) mass is 161 g/mol. The molecule has 0 atom stereocenters. The standard InChI is InChI=1S/C8H4FN3/c9-7-3-6(4-11)5-12-8(7)1-2-10/h3,5H,1H2. The molecule has 12 heavy (non-hydrogen) atoms. The molecule has 0 unspecified atom stereocenters. The molecular formula is C8H4FN3. The van der Waals surface area contributed by atoms with E-state index in [0.29, 0.717) is 0 Å². The smallest absolute Gasteiger partial charge is 0.147 e. The number of aromatic nitrogens is 1. The quantitative estimate of drug-likeness (QED) is 0.620. The van der Waals surface area contributed by atoms with Gasteiger partial charge < -0.3 is 0 Å². The minimum Gasteiger partial charge on any atom is -0.256 e. The van der Waals surface area contributed by atoms with Crippen molar-refractivity contribution in [1.29, 1.82) is 10.5 Å². The zero-order chi connectivity index (χ0) is 8.97. The number of nitrogens with zero attached hydrogens (tertiary/aromatic N) is 3. The van der Waals surface area contributed by atoms with Crippen LogP contribution in [0.1, 0.15) is 11.3 Å². The molecule has 58 valence electrons. The van der Waals surface area contributed by atoms with Crippen molar-refractivity contribution in [2.45, 2.75) is 6.42 Å². The second-order valence-electron chi connectivity index (χ2n) is 2.10. The van der Waals surface area contributed by atoms with Crippen LogP contribution in [0.4, 0.5) is 4.39 Å². The summed E-state index contributed by atoms with van der Waals surface area (Å²) in [6, 6.07) is 4.60. The van der Waals surface area contributed by atoms with E-state index in [-0.39, 0.29) is 17.7 Å². The molecule has 1 aromatic heterocycles. The Morgan fingerprint density at radius 3 is 2.75 bits per heavy atom. The average molecular weight is 161 g/mol. The van der Waals surface area contributed by atoms with Crippen LogP contribution in [-0.4, -0.2) is 4.98 Å². The maximum atomic E-state index is 12.9. The Hall–Kier alpha value is -1.94. The van der Waals surface area contributed by atoms with Gasteiger partial charge in [0.1, 0.15) is 11.9 Å². The van der Waals surface area contributed by atoms with Crippen LogP contribution in [0.15, 0.2) is 12.3 Å². The first-order valence-electron chi connectivity index (χ1n) is 3.19. The number of halogens is 1. The van der Waals surface area contributed by atoms with Crippen molar-refractivity contribution in [3.05, 3.63) is 29.3 Å². The summed E-state index contributed by atoms with van der Waals surface area (Å²) in [6.45, 7) is 0. The Morgan fingerprint density at radius 2 is 2.25 bits per heavy atom. The van der Waals surface area contributed by atoms with E-state index in [1.807, 2.05) is 0 Å². The molecular weight excluding hydrogens is 157 g/mol. The van der Waals surface area contributed by atoms with Crippen molar-refractivity contribution in [3.8, 4) is 12.1 Å². The lowest BCUT2D eigenvalue weighted by Crippen LogP contribution is -1.94. The minimum absolute atomic E-state index is 0.0719. The molecule has 0 aromatic carbocycles. The molecule has 0 N–H and O–H groups in total. The van der Waals surface area contributed by atoms with Gasteiger partial charge in [-0.3, -0.25) is 4.98 Å². The van der Waals surface area contributed by atoms with Crippen LogP contribution in [0.3, 0.4) is 0 Å². The highest BCUT2D eigenvalue weighted by atomic mass is 19.1. The van der Waals surface area contributed by atoms with Crippen molar-refractivity contribution in [2.24, 2.45) is 0 Å². The van der Waals surface area contributed by atoms with Gasteiger partial charge in [-0.1, -0.05) is 0 Å². The maximum Gasteiger partial charge on any atom is 0.147 e. The molecule has 1 heterocycles. The summed E-state index contributed by atoms with van der Waals surface area (Å²) in [5.41, 5.74) is 0.241. The molecule has 0 aliphatic heterocycles. The highest BCUT2D eigenvalue weighted by molar-refractivity contribution is 5.28. The van der Waals surface area contributed by atoms with Gasteiger partial charge in [0.2, 0.25) is 0 Å². The Morgan fingerprint density at radius 1 is 1.50 bits per heavy atom. The van der Waals surface area contributed by atoms with E-state index in [9.17, 15) is 4.39 Å². The van der Waals surface area contributed by atoms with E-state index in [2.05, 4.69) is 4.98 Å². The first kappa shape index (κ1) is 8.16. The highest BCUT2D eigenvalue weighted by Crippen LogP contribution is 2.06. The van der Waals surface area contributed by atoms with Gasteiger partial charge in [0.05, 0.1) is 23.7 Å². The lowest BCUT2D eigenvalue weighted by Gasteiger charge is -1.95. The van der Waals surface area contributed by atoms with Crippen LogP contribution in [0.25, 0.3) is 0 Å². The molecule has 0 fully saturated rings. The van der Waals surface area contributed by atoms with Gasteiger partial charge >= 0.3 is 0 Å². The largest absolute Gasteiger partial charge is 0.256 e. The van der Waals surface area contributed by atoms with Crippen LogP contribution in [0.5, 0.6) is 0 Å². The fraction of sp³-hybridized carbons (Fsp3) is 0.125. The van der Waals surface area contributed by atoms with Crippen LogP contribution in [0, 0.1) is 28.5 Å². The van der Waals surface area contributed by atoms with Crippen molar-refractivity contribution >= 4 is 0 Å². The lowest BCUT2D eigenvalue weighted by atomic mass is 10.2. The number of hydrogen-bond donors (Lipinski definition) is 0. The van der Waals surface area contributed by atoms with E-state index < -0.39 is 5.82 Å². The van der Waals surface area contributed by atoms with E-state index in [1.54, 1.807) is 12.1 Å². The summed E-state index contributed by atoms with van der Waals surface area (Å²) in [6.07, 6.45) is 1.17. The Balaban J connectivity index is 3.07. The SMILES string of the molecule is N#CCc1ncc(C#N)cc1F. The summed E-state index contributed by atoms with van der Waals surface area (Å²) in [5.74, 6) is -0.601. The van der Waals surface area contributed by atoms with E-state index in [4.69, 9.17) is 10.5 Å². The topological polar surface area (TPSA) is 60.5 Å². The first-order valence-corrected chi connectivity index (χ1v) is 3.19. The molecule has 0 aliphatic rings. The Labute approximate surface area is 68.7 Å².